The molecule has 1 aromatic carbocycles. The highest BCUT2D eigenvalue weighted by atomic mass is 79.9. The van der Waals surface area contributed by atoms with E-state index in [1.54, 1.807) is 12.1 Å². The molecule has 1 rings (SSSR count). The van der Waals surface area contributed by atoms with Gasteiger partial charge in [-0.2, -0.15) is 5.26 Å². The number of hydrogen-bond donors (Lipinski definition) is 1. The monoisotopic (exact) mass is 376 g/mol. The van der Waals surface area contributed by atoms with Crippen LogP contribution in [-0.2, 0) is 4.79 Å². The Kier molecular flexibility index (Phi) is 7.18. The van der Waals surface area contributed by atoms with Gasteiger partial charge in [-0.05, 0) is 53.5 Å². The predicted octanol–water partition coefficient (Wildman–Crippen LogP) is 2.90. The fraction of sp³-hybridized carbons (Fsp3) is 0.294. The fourth-order valence-electron chi connectivity index (χ4n) is 1.73. The fourth-order valence-corrected chi connectivity index (χ4v) is 2.31. The topological polar surface area (TPSA) is 71.3 Å². The lowest BCUT2D eigenvalue weighted by atomic mass is 10.1. The van der Waals surface area contributed by atoms with Crippen molar-refractivity contribution in [3.05, 3.63) is 27.7 Å². The molecule has 23 heavy (non-hydrogen) atoms. The summed E-state index contributed by atoms with van der Waals surface area (Å²) in [5.74, 6) is 2.86. The van der Waals surface area contributed by atoms with Gasteiger partial charge in [0.15, 0.2) is 11.5 Å². The molecule has 1 aromatic rings. The molecule has 0 spiro atoms. The van der Waals surface area contributed by atoms with Gasteiger partial charge in [0.05, 0.1) is 11.6 Å². The molecule has 0 heterocycles. The van der Waals surface area contributed by atoms with Gasteiger partial charge < -0.3 is 14.8 Å². The number of nitrogens with one attached hydrogen (secondary N) is 1. The van der Waals surface area contributed by atoms with E-state index < -0.39 is 5.91 Å². The number of methoxy groups -OCH3 is 1. The van der Waals surface area contributed by atoms with E-state index in [0.717, 1.165) is 0 Å². The highest BCUT2D eigenvalue weighted by Gasteiger charge is 2.14. The lowest BCUT2D eigenvalue weighted by Gasteiger charge is -2.12. The van der Waals surface area contributed by atoms with Crippen molar-refractivity contribution in [3.8, 4) is 29.9 Å². The Labute approximate surface area is 144 Å². The van der Waals surface area contributed by atoms with E-state index in [0.29, 0.717) is 21.5 Å². The minimum absolute atomic E-state index is 0.00458. The largest absolute Gasteiger partial charge is 0.493 e. The van der Waals surface area contributed by atoms with Gasteiger partial charge in [0.1, 0.15) is 18.2 Å². The molecule has 0 saturated heterocycles. The predicted molar refractivity (Wildman–Crippen MR) is 91.9 cm³/mol. The van der Waals surface area contributed by atoms with E-state index in [4.69, 9.17) is 21.2 Å². The van der Waals surface area contributed by atoms with Gasteiger partial charge >= 0.3 is 0 Å². The molecule has 0 aromatic heterocycles. The van der Waals surface area contributed by atoms with Crippen LogP contribution in [0.5, 0.6) is 11.5 Å². The first-order chi connectivity index (χ1) is 10.9. The minimum Gasteiger partial charge on any atom is -0.493 e. The molecule has 0 saturated carbocycles. The van der Waals surface area contributed by atoms with E-state index >= 15 is 0 Å². The van der Waals surface area contributed by atoms with E-state index in [-0.39, 0.29) is 18.2 Å². The first-order valence-corrected chi connectivity index (χ1v) is 7.58. The van der Waals surface area contributed by atoms with Crippen LogP contribution in [0.1, 0.15) is 19.4 Å². The maximum Gasteiger partial charge on any atom is 0.262 e. The molecule has 1 N–H and O–H groups in total. The first-order valence-electron chi connectivity index (χ1n) is 6.79. The average molecular weight is 377 g/mol. The van der Waals surface area contributed by atoms with Gasteiger partial charge in [-0.25, -0.2) is 0 Å². The normalized spacial score (nSPS) is 10.7. The van der Waals surface area contributed by atoms with Gasteiger partial charge in [0, 0.05) is 6.04 Å². The number of halogens is 1. The van der Waals surface area contributed by atoms with Crippen molar-refractivity contribution < 1.29 is 14.3 Å². The standard InChI is InChI=1S/C17H17BrN2O3/c1-5-6-23-16-14(18)8-12(9-15(16)22-4)7-13(10-19)17(21)20-11(2)3/h1,7-9,11H,6H2,2-4H3,(H,20,21)/b13-7-. The number of hydrogen-bond acceptors (Lipinski definition) is 4. The summed E-state index contributed by atoms with van der Waals surface area (Å²) in [6.07, 6.45) is 6.67. The van der Waals surface area contributed by atoms with Gasteiger partial charge in [-0.1, -0.05) is 5.92 Å². The molecule has 0 aliphatic rings. The Morgan fingerprint density at radius 3 is 2.74 bits per heavy atom. The maximum absolute atomic E-state index is 11.9. The first kappa shape index (κ1) is 18.6. The van der Waals surface area contributed by atoms with Crippen LogP contribution in [0.2, 0.25) is 0 Å². The second-order valence-electron chi connectivity index (χ2n) is 4.82. The summed E-state index contributed by atoms with van der Waals surface area (Å²) in [6, 6.07) is 5.22. The molecule has 0 fully saturated rings. The van der Waals surface area contributed by atoms with Gasteiger partial charge in [-0.15, -0.1) is 6.42 Å². The molecule has 0 radical (unpaired) electrons. The third kappa shape index (κ3) is 5.36. The quantitative estimate of drug-likeness (QED) is 0.470. The van der Waals surface area contributed by atoms with Crippen molar-refractivity contribution >= 4 is 27.9 Å². The zero-order valence-corrected chi connectivity index (χ0v) is 14.7. The van der Waals surface area contributed by atoms with E-state index in [9.17, 15) is 4.79 Å². The zero-order chi connectivity index (χ0) is 17.4. The van der Waals surface area contributed by atoms with Crippen molar-refractivity contribution in [2.45, 2.75) is 19.9 Å². The second-order valence-corrected chi connectivity index (χ2v) is 5.68. The number of nitriles is 1. The minimum atomic E-state index is -0.426. The molecule has 5 nitrogen and oxygen atoms in total. The Morgan fingerprint density at radius 2 is 2.22 bits per heavy atom. The van der Waals surface area contributed by atoms with Crippen LogP contribution >= 0.6 is 15.9 Å². The summed E-state index contributed by atoms with van der Waals surface area (Å²) in [7, 11) is 1.49. The van der Waals surface area contributed by atoms with Crippen LogP contribution in [0.15, 0.2) is 22.2 Å². The maximum atomic E-state index is 11.9. The van der Waals surface area contributed by atoms with Crippen LogP contribution in [0.3, 0.4) is 0 Å². The number of terminal acetylenes is 1. The summed E-state index contributed by atoms with van der Waals surface area (Å²) < 4.78 is 11.3. The number of ether oxygens (including phenoxy) is 2. The Balaban J connectivity index is 3.21. The van der Waals surface area contributed by atoms with E-state index in [2.05, 4.69) is 27.2 Å². The number of carbonyl (C=O) groups is 1. The zero-order valence-electron chi connectivity index (χ0n) is 13.1. The molecule has 120 valence electrons. The number of amides is 1. The Bertz CT molecular complexity index is 697. The van der Waals surface area contributed by atoms with Crippen LogP contribution in [0, 0.1) is 23.7 Å². The Morgan fingerprint density at radius 1 is 1.52 bits per heavy atom. The van der Waals surface area contributed by atoms with Crippen molar-refractivity contribution in [2.75, 3.05) is 13.7 Å². The molecular weight excluding hydrogens is 360 g/mol. The number of carbonyl (C=O) groups excluding carboxylic acids is 1. The van der Waals surface area contributed by atoms with E-state index in [1.807, 2.05) is 19.9 Å². The smallest absolute Gasteiger partial charge is 0.262 e. The van der Waals surface area contributed by atoms with Crippen LogP contribution in [0.25, 0.3) is 6.08 Å². The molecular formula is C17H17BrN2O3. The average Bonchev–Trinajstić information content (AvgIpc) is 2.50. The lowest BCUT2D eigenvalue weighted by molar-refractivity contribution is -0.117. The summed E-state index contributed by atoms with van der Waals surface area (Å²) in [6.45, 7) is 3.75. The summed E-state index contributed by atoms with van der Waals surface area (Å²) in [4.78, 5) is 11.9. The van der Waals surface area contributed by atoms with Crippen molar-refractivity contribution in [1.29, 1.82) is 5.26 Å². The molecule has 0 aliphatic carbocycles. The number of rotatable bonds is 6. The molecule has 0 bridgehead atoms. The molecule has 0 aliphatic heterocycles. The number of nitrogens with zero attached hydrogens (tertiary/aromatic N) is 1. The van der Waals surface area contributed by atoms with Gasteiger partial charge in [-0.3, -0.25) is 4.79 Å². The van der Waals surface area contributed by atoms with Crippen LogP contribution in [0.4, 0.5) is 0 Å². The third-order valence-corrected chi connectivity index (χ3v) is 3.24. The summed E-state index contributed by atoms with van der Waals surface area (Å²) in [5.41, 5.74) is 0.627. The molecule has 0 atom stereocenters. The molecule has 0 unspecified atom stereocenters. The number of benzene rings is 1. The van der Waals surface area contributed by atoms with Crippen molar-refractivity contribution in [1.82, 2.24) is 5.32 Å². The van der Waals surface area contributed by atoms with Crippen molar-refractivity contribution in [3.63, 3.8) is 0 Å². The highest BCUT2D eigenvalue weighted by Crippen LogP contribution is 2.37. The van der Waals surface area contributed by atoms with Crippen LogP contribution in [-0.4, -0.2) is 25.7 Å². The van der Waals surface area contributed by atoms with Crippen molar-refractivity contribution in [2.24, 2.45) is 0 Å². The van der Waals surface area contributed by atoms with Gasteiger partial charge in [0.2, 0.25) is 0 Å². The molecule has 6 heteroatoms. The lowest BCUT2D eigenvalue weighted by Crippen LogP contribution is -2.30. The summed E-state index contributed by atoms with van der Waals surface area (Å²) >= 11 is 3.37. The second kappa shape index (κ2) is 8.87. The third-order valence-electron chi connectivity index (χ3n) is 2.65. The summed E-state index contributed by atoms with van der Waals surface area (Å²) in [5, 5.41) is 11.8. The van der Waals surface area contributed by atoms with Gasteiger partial charge in [0.25, 0.3) is 5.91 Å². The SMILES string of the molecule is C#CCOc1c(Br)cc(/C=C(/C#N)C(=O)NC(C)C)cc1OC. The highest BCUT2D eigenvalue weighted by molar-refractivity contribution is 9.10. The van der Waals surface area contributed by atoms with E-state index in [1.165, 1.54) is 13.2 Å². The Hall–Kier alpha value is -2.44. The van der Waals surface area contributed by atoms with Crippen LogP contribution < -0.4 is 14.8 Å². The molecule has 1 amide bonds.